The standard InChI is InChI=1S/C10H16F3N3O3S/c1-7-8(6-17)9(16-15-7)20(18,19)14-5-3-2-4-10(11,12)13/h14,17H,2-6H2,1H3,(H,15,16). The minimum Gasteiger partial charge on any atom is -0.392 e. The Labute approximate surface area is 114 Å². The van der Waals surface area contributed by atoms with Gasteiger partial charge in [0.2, 0.25) is 0 Å². The number of halogens is 3. The van der Waals surface area contributed by atoms with E-state index in [1.807, 2.05) is 0 Å². The van der Waals surface area contributed by atoms with Crippen LogP contribution in [-0.2, 0) is 16.6 Å². The normalized spacial score (nSPS) is 12.8. The molecular formula is C10H16F3N3O3S. The molecular weight excluding hydrogens is 299 g/mol. The van der Waals surface area contributed by atoms with Gasteiger partial charge in [0, 0.05) is 24.2 Å². The molecule has 6 nitrogen and oxygen atoms in total. The Morgan fingerprint density at radius 2 is 2.00 bits per heavy atom. The van der Waals surface area contributed by atoms with Crippen LogP contribution in [0.4, 0.5) is 13.2 Å². The number of hydrogen-bond donors (Lipinski definition) is 3. The minimum atomic E-state index is -4.23. The first kappa shape index (κ1) is 16.9. The third kappa shape index (κ3) is 4.76. The molecule has 0 unspecified atom stereocenters. The first-order chi connectivity index (χ1) is 9.17. The van der Waals surface area contributed by atoms with E-state index in [2.05, 4.69) is 14.9 Å². The Morgan fingerprint density at radius 3 is 2.55 bits per heavy atom. The number of sulfonamides is 1. The van der Waals surface area contributed by atoms with Crippen LogP contribution in [0.5, 0.6) is 0 Å². The fourth-order valence-corrected chi connectivity index (χ4v) is 2.82. The third-order valence-electron chi connectivity index (χ3n) is 2.63. The van der Waals surface area contributed by atoms with Gasteiger partial charge in [-0.25, -0.2) is 13.1 Å². The van der Waals surface area contributed by atoms with Crippen LogP contribution in [0.1, 0.15) is 30.5 Å². The molecule has 1 heterocycles. The summed E-state index contributed by atoms with van der Waals surface area (Å²) in [4.78, 5) is 0. The highest BCUT2D eigenvalue weighted by Crippen LogP contribution is 2.22. The van der Waals surface area contributed by atoms with Crippen LogP contribution < -0.4 is 4.72 Å². The van der Waals surface area contributed by atoms with Gasteiger partial charge in [0.1, 0.15) is 0 Å². The number of nitrogens with one attached hydrogen (secondary N) is 2. The van der Waals surface area contributed by atoms with Crippen molar-refractivity contribution >= 4 is 10.0 Å². The van der Waals surface area contributed by atoms with Crippen LogP contribution in [-0.4, -0.2) is 36.4 Å². The molecule has 1 aromatic rings. The van der Waals surface area contributed by atoms with Crippen LogP contribution in [0, 0.1) is 6.92 Å². The molecule has 0 aromatic carbocycles. The number of nitrogens with zero attached hydrogens (tertiary/aromatic N) is 1. The van der Waals surface area contributed by atoms with E-state index >= 15 is 0 Å². The summed E-state index contributed by atoms with van der Waals surface area (Å²) in [6, 6.07) is 0. The molecule has 10 heteroatoms. The predicted molar refractivity (Wildman–Crippen MR) is 64.3 cm³/mol. The second-order valence-electron chi connectivity index (χ2n) is 4.26. The highest BCUT2D eigenvalue weighted by molar-refractivity contribution is 7.89. The van der Waals surface area contributed by atoms with E-state index in [9.17, 15) is 21.6 Å². The van der Waals surface area contributed by atoms with E-state index in [0.717, 1.165) is 0 Å². The molecule has 0 radical (unpaired) electrons. The van der Waals surface area contributed by atoms with Gasteiger partial charge in [-0.2, -0.15) is 18.3 Å². The van der Waals surface area contributed by atoms with Crippen LogP contribution >= 0.6 is 0 Å². The monoisotopic (exact) mass is 315 g/mol. The summed E-state index contributed by atoms with van der Waals surface area (Å²) in [5, 5.41) is 14.8. The molecule has 0 aliphatic heterocycles. The maximum Gasteiger partial charge on any atom is 0.389 e. The lowest BCUT2D eigenvalue weighted by molar-refractivity contribution is -0.135. The smallest absolute Gasteiger partial charge is 0.389 e. The number of unbranched alkanes of at least 4 members (excludes halogenated alkanes) is 1. The lowest BCUT2D eigenvalue weighted by Crippen LogP contribution is -2.26. The Bertz CT molecular complexity index is 540. The second kappa shape index (κ2) is 6.55. The average Bonchev–Trinajstić information content (AvgIpc) is 2.69. The van der Waals surface area contributed by atoms with Crippen LogP contribution in [0.25, 0.3) is 0 Å². The van der Waals surface area contributed by atoms with Crippen molar-refractivity contribution < 1.29 is 26.7 Å². The molecule has 0 aliphatic rings. The number of aliphatic hydroxyl groups excluding tert-OH is 1. The summed E-state index contributed by atoms with van der Waals surface area (Å²) in [6.07, 6.45) is -5.27. The van der Waals surface area contributed by atoms with E-state index in [1.54, 1.807) is 6.92 Å². The second-order valence-corrected chi connectivity index (χ2v) is 5.94. The van der Waals surface area contributed by atoms with Crippen molar-refractivity contribution in [3.8, 4) is 0 Å². The molecule has 0 bridgehead atoms. The fourth-order valence-electron chi connectivity index (χ4n) is 1.56. The molecule has 0 saturated carbocycles. The van der Waals surface area contributed by atoms with Gasteiger partial charge in [0.15, 0.2) is 5.03 Å². The Balaban J connectivity index is 2.54. The van der Waals surface area contributed by atoms with Crippen molar-refractivity contribution in [3.05, 3.63) is 11.3 Å². The summed E-state index contributed by atoms with van der Waals surface area (Å²) in [5.41, 5.74) is 0.567. The molecule has 0 fully saturated rings. The van der Waals surface area contributed by atoms with E-state index in [-0.39, 0.29) is 30.0 Å². The zero-order chi connectivity index (χ0) is 15.4. The van der Waals surface area contributed by atoms with Gasteiger partial charge in [-0.1, -0.05) is 0 Å². The van der Waals surface area contributed by atoms with Gasteiger partial charge in [0.05, 0.1) is 6.61 Å². The third-order valence-corrected chi connectivity index (χ3v) is 4.06. The minimum absolute atomic E-state index is 0.0661. The van der Waals surface area contributed by atoms with E-state index < -0.39 is 29.2 Å². The number of aliphatic hydroxyl groups is 1. The first-order valence-corrected chi connectivity index (χ1v) is 7.37. The van der Waals surface area contributed by atoms with Crippen molar-refractivity contribution in [2.24, 2.45) is 0 Å². The number of alkyl halides is 3. The number of aromatic amines is 1. The topological polar surface area (TPSA) is 95.1 Å². The molecule has 3 N–H and O–H groups in total. The van der Waals surface area contributed by atoms with Crippen molar-refractivity contribution in [2.75, 3.05) is 6.54 Å². The molecule has 0 spiro atoms. The van der Waals surface area contributed by atoms with Crippen molar-refractivity contribution in [3.63, 3.8) is 0 Å². The Kier molecular flexibility index (Phi) is 5.54. The summed E-state index contributed by atoms with van der Waals surface area (Å²) >= 11 is 0. The summed E-state index contributed by atoms with van der Waals surface area (Å²) < 4.78 is 61.6. The lowest BCUT2D eigenvalue weighted by Gasteiger charge is -2.07. The van der Waals surface area contributed by atoms with Gasteiger partial charge in [0.25, 0.3) is 10.0 Å². The SMILES string of the molecule is Cc1[nH]nc(S(=O)(=O)NCCCCC(F)(F)F)c1CO. The first-order valence-electron chi connectivity index (χ1n) is 5.88. The molecule has 0 saturated heterocycles. The number of aromatic nitrogens is 2. The lowest BCUT2D eigenvalue weighted by atomic mass is 10.2. The largest absolute Gasteiger partial charge is 0.392 e. The quantitative estimate of drug-likeness (QED) is 0.659. The van der Waals surface area contributed by atoms with Gasteiger partial charge in [-0.15, -0.1) is 0 Å². The average molecular weight is 315 g/mol. The summed E-state index contributed by atoms with van der Waals surface area (Å²) in [5.74, 6) is 0. The number of H-pyrrole nitrogens is 1. The van der Waals surface area contributed by atoms with Crippen LogP contribution in [0.3, 0.4) is 0 Å². The van der Waals surface area contributed by atoms with Crippen LogP contribution in [0.15, 0.2) is 5.03 Å². The number of rotatable bonds is 7. The van der Waals surface area contributed by atoms with Crippen LogP contribution in [0.2, 0.25) is 0 Å². The van der Waals surface area contributed by atoms with Gasteiger partial charge in [-0.05, 0) is 19.8 Å². The molecule has 1 rings (SSSR count). The van der Waals surface area contributed by atoms with E-state index in [1.165, 1.54) is 0 Å². The maximum absolute atomic E-state index is 11.9. The molecule has 116 valence electrons. The Morgan fingerprint density at radius 1 is 1.35 bits per heavy atom. The van der Waals surface area contributed by atoms with E-state index in [0.29, 0.717) is 5.69 Å². The molecule has 0 atom stereocenters. The summed E-state index contributed by atoms with van der Waals surface area (Å²) in [6.45, 7) is 0.947. The molecule has 20 heavy (non-hydrogen) atoms. The van der Waals surface area contributed by atoms with Gasteiger partial charge >= 0.3 is 6.18 Å². The van der Waals surface area contributed by atoms with Crippen molar-refractivity contribution in [2.45, 2.75) is 44.0 Å². The highest BCUT2D eigenvalue weighted by Gasteiger charge is 2.26. The summed E-state index contributed by atoms with van der Waals surface area (Å²) in [7, 11) is -3.93. The Hall–Kier alpha value is -1.13. The van der Waals surface area contributed by atoms with Gasteiger partial charge < -0.3 is 5.11 Å². The predicted octanol–water partition coefficient (Wildman–Crippen LogP) is 1.22. The highest BCUT2D eigenvalue weighted by atomic mass is 32.2. The van der Waals surface area contributed by atoms with Gasteiger partial charge in [-0.3, -0.25) is 5.10 Å². The number of aryl methyl sites for hydroxylation is 1. The fraction of sp³-hybridized carbons (Fsp3) is 0.700. The maximum atomic E-state index is 11.9. The zero-order valence-corrected chi connectivity index (χ0v) is 11.6. The van der Waals surface area contributed by atoms with Crippen molar-refractivity contribution in [1.82, 2.24) is 14.9 Å². The number of hydrogen-bond acceptors (Lipinski definition) is 4. The molecule has 1 aromatic heterocycles. The molecule has 0 aliphatic carbocycles. The van der Waals surface area contributed by atoms with E-state index in [4.69, 9.17) is 5.11 Å². The molecule has 0 amide bonds. The zero-order valence-electron chi connectivity index (χ0n) is 10.8. The van der Waals surface area contributed by atoms with Crippen molar-refractivity contribution in [1.29, 1.82) is 0 Å².